The zero-order chi connectivity index (χ0) is 30.9. The summed E-state index contributed by atoms with van der Waals surface area (Å²) in [6.45, 7) is 8.37. The number of esters is 2. The van der Waals surface area contributed by atoms with Crippen molar-refractivity contribution in [3.8, 4) is 0 Å². The molecule has 2 saturated carbocycles. The maximum atomic E-state index is 13.3. The summed E-state index contributed by atoms with van der Waals surface area (Å²) in [6, 6.07) is 0. The van der Waals surface area contributed by atoms with Crippen molar-refractivity contribution in [2.75, 3.05) is 0 Å². The first kappa shape index (κ1) is 34.6. The largest absolute Gasteiger partial charge is 0.462 e. The van der Waals surface area contributed by atoms with Gasteiger partial charge in [0.1, 0.15) is 12.2 Å². The Morgan fingerprint density at radius 2 is 1.05 bits per heavy atom. The maximum Gasteiger partial charge on any atom is 0.417 e. The van der Waals surface area contributed by atoms with Crippen LogP contribution in [-0.2, 0) is 19.1 Å². The van der Waals surface area contributed by atoms with E-state index in [0.29, 0.717) is 0 Å². The van der Waals surface area contributed by atoms with Crippen LogP contribution in [0.15, 0.2) is 0 Å². The molecule has 2 N–H and O–H groups in total. The summed E-state index contributed by atoms with van der Waals surface area (Å²) in [7, 11) is 0. The highest BCUT2D eigenvalue weighted by Gasteiger charge is 2.56. The lowest BCUT2D eigenvalue weighted by molar-refractivity contribution is -0.276. The normalized spacial score (nSPS) is 30.0. The van der Waals surface area contributed by atoms with Gasteiger partial charge in [-0.3, -0.25) is 9.59 Å². The van der Waals surface area contributed by atoms with E-state index in [9.17, 15) is 46.1 Å². The van der Waals surface area contributed by atoms with Crippen molar-refractivity contribution in [3.05, 3.63) is 0 Å². The molecule has 0 radical (unpaired) electrons. The molecule has 4 unspecified atom stereocenters. The Balaban J connectivity index is 1.93. The first-order valence-corrected chi connectivity index (χ1v) is 14.0. The molecule has 2 aliphatic rings. The SMILES string of the molecule is CC(CC(C)(C(=O)OC1CCC(C(C)(O)C(F)(F)F)CC1)C(C)C)C(=O)OC1CCC(C(C)(O)C(F)(F)F)CC1. The summed E-state index contributed by atoms with van der Waals surface area (Å²) in [5, 5.41) is 19.9. The third kappa shape index (κ3) is 7.63. The summed E-state index contributed by atoms with van der Waals surface area (Å²) < 4.78 is 90.3. The molecule has 40 heavy (non-hydrogen) atoms. The minimum absolute atomic E-state index is 0.0478. The Morgan fingerprint density at radius 3 is 1.38 bits per heavy atom. The molecule has 0 aromatic rings. The van der Waals surface area contributed by atoms with Gasteiger partial charge in [-0.05, 0) is 96.3 Å². The highest BCUT2D eigenvalue weighted by molar-refractivity contribution is 5.79. The van der Waals surface area contributed by atoms with Gasteiger partial charge in [0.05, 0.1) is 11.3 Å². The summed E-state index contributed by atoms with van der Waals surface area (Å²) in [5.41, 5.74) is -6.74. The second-order valence-electron chi connectivity index (χ2n) is 12.8. The molecule has 2 fully saturated rings. The highest BCUT2D eigenvalue weighted by Crippen LogP contribution is 2.45. The van der Waals surface area contributed by atoms with E-state index >= 15 is 0 Å². The lowest BCUT2D eigenvalue weighted by atomic mass is 9.72. The quantitative estimate of drug-likeness (QED) is 0.235. The third-order valence-electron chi connectivity index (χ3n) is 9.52. The van der Waals surface area contributed by atoms with Crippen LogP contribution in [0.25, 0.3) is 0 Å². The standard InChI is InChI=1S/C28H44F6O6/c1-16(2)24(4,23(36)40-21-13-9-19(10-14-21)26(6,38)28(32,33)34)15-17(3)22(35)39-20-11-7-18(8-12-20)25(5,37)27(29,30)31/h16-21,37-38H,7-15H2,1-6H3. The summed E-state index contributed by atoms with van der Waals surface area (Å²) in [5.74, 6) is -4.12. The second kappa shape index (κ2) is 12.4. The molecule has 6 nitrogen and oxygen atoms in total. The molecule has 234 valence electrons. The van der Waals surface area contributed by atoms with Crippen LogP contribution in [0, 0.1) is 29.1 Å². The van der Waals surface area contributed by atoms with Crippen molar-refractivity contribution in [1.82, 2.24) is 0 Å². The molecule has 2 aliphatic carbocycles. The molecular formula is C28H44F6O6. The molecule has 12 heteroatoms. The van der Waals surface area contributed by atoms with Crippen molar-refractivity contribution < 1.29 is 55.6 Å². The zero-order valence-electron chi connectivity index (χ0n) is 24.1. The van der Waals surface area contributed by atoms with E-state index in [1.54, 1.807) is 27.7 Å². The van der Waals surface area contributed by atoms with Crippen LogP contribution < -0.4 is 0 Å². The predicted octanol–water partition coefficient (Wildman–Crippen LogP) is 6.51. The molecule has 4 atom stereocenters. The summed E-state index contributed by atoms with van der Waals surface area (Å²) >= 11 is 0. The van der Waals surface area contributed by atoms with E-state index in [1.165, 1.54) is 0 Å². The van der Waals surface area contributed by atoms with E-state index in [1.807, 2.05) is 0 Å². The van der Waals surface area contributed by atoms with Crippen LogP contribution in [0.2, 0.25) is 0 Å². The fourth-order valence-electron chi connectivity index (χ4n) is 5.79. The van der Waals surface area contributed by atoms with Crippen molar-refractivity contribution in [1.29, 1.82) is 0 Å². The monoisotopic (exact) mass is 590 g/mol. The van der Waals surface area contributed by atoms with Gasteiger partial charge in [-0.1, -0.05) is 20.8 Å². The number of hydrogen-bond donors (Lipinski definition) is 2. The molecule has 0 heterocycles. The molecule has 0 aromatic carbocycles. The number of aliphatic hydroxyl groups is 2. The first-order chi connectivity index (χ1) is 18.0. The second-order valence-corrected chi connectivity index (χ2v) is 12.8. The van der Waals surface area contributed by atoms with Gasteiger partial charge in [-0.2, -0.15) is 26.3 Å². The third-order valence-corrected chi connectivity index (χ3v) is 9.52. The lowest BCUT2D eigenvalue weighted by Crippen LogP contribution is -2.50. The summed E-state index contributed by atoms with van der Waals surface area (Å²) in [4.78, 5) is 26.1. The Bertz CT molecular complexity index is 867. The van der Waals surface area contributed by atoms with Crippen LogP contribution in [0.3, 0.4) is 0 Å². The van der Waals surface area contributed by atoms with Gasteiger partial charge in [-0.15, -0.1) is 0 Å². The number of carbonyl (C=O) groups excluding carboxylic acids is 2. The van der Waals surface area contributed by atoms with Gasteiger partial charge in [0.25, 0.3) is 0 Å². The van der Waals surface area contributed by atoms with Crippen molar-refractivity contribution in [3.63, 3.8) is 0 Å². The maximum absolute atomic E-state index is 13.3. The molecule has 0 aliphatic heterocycles. The van der Waals surface area contributed by atoms with Crippen LogP contribution in [0.4, 0.5) is 26.3 Å². The Hall–Kier alpha value is -1.56. The highest BCUT2D eigenvalue weighted by atomic mass is 19.4. The molecular weight excluding hydrogens is 546 g/mol. The number of hydrogen-bond acceptors (Lipinski definition) is 6. The van der Waals surface area contributed by atoms with Gasteiger partial charge < -0.3 is 19.7 Å². The van der Waals surface area contributed by atoms with E-state index in [4.69, 9.17) is 9.47 Å². The van der Waals surface area contributed by atoms with Gasteiger partial charge in [0.2, 0.25) is 0 Å². The number of halogens is 6. The van der Waals surface area contributed by atoms with Crippen molar-refractivity contribution in [2.24, 2.45) is 29.1 Å². The average molecular weight is 591 g/mol. The zero-order valence-corrected chi connectivity index (χ0v) is 24.1. The number of alkyl halides is 6. The first-order valence-electron chi connectivity index (χ1n) is 14.0. The van der Waals surface area contributed by atoms with Crippen LogP contribution in [0.1, 0.15) is 99.3 Å². The van der Waals surface area contributed by atoms with E-state index < -0.39 is 70.9 Å². The Morgan fingerprint density at radius 1 is 0.700 bits per heavy atom. The molecule has 0 spiro atoms. The fraction of sp³-hybridized carbons (Fsp3) is 0.929. The molecule has 0 aromatic heterocycles. The van der Waals surface area contributed by atoms with Crippen LogP contribution in [-0.4, -0.2) is 57.9 Å². The number of rotatable bonds is 9. The Kier molecular flexibility index (Phi) is 10.7. The van der Waals surface area contributed by atoms with Gasteiger partial charge in [0.15, 0.2) is 11.2 Å². The number of carbonyl (C=O) groups is 2. The van der Waals surface area contributed by atoms with Gasteiger partial charge >= 0.3 is 24.3 Å². The van der Waals surface area contributed by atoms with Gasteiger partial charge in [-0.25, -0.2) is 0 Å². The van der Waals surface area contributed by atoms with Crippen molar-refractivity contribution >= 4 is 11.9 Å². The van der Waals surface area contributed by atoms with Crippen molar-refractivity contribution in [2.45, 2.75) is 135 Å². The van der Waals surface area contributed by atoms with Crippen LogP contribution in [0.5, 0.6) is 0 Å². The minimum Gasteiger partial charge on any atom is -0.462 e. The number of ether oxygens (including phenoxy) is 2. The smallest absolute Gasteiger partial charge is 0.417 e. The lowest BCUT2D eigenvalue weighted by Gasteiger charge is -2.40. The molecule has 0 bridgehead atoms. The molecule has 0 amide bonds. The Labute approximate surface area is 232 Å². The molecule has 0 saturated heterocycles. The van der Waals surface area contributed by atoms with Crippen LogP contribution >= 0.6 is 0 Å². The van der Waals surface area contributed by atoms with E-state index in [-0.39, 0.29) is 63.7 Å². The summed E-state index contributed by atoms with van der Waals surface area (Å²) in [6.07, 6.45) is -9.70. The van der Waals surface area contributed by atoms with E-state index in [0.717, 1.165) is 13.8 Å². The average Bonchev–Trinajstić information content (AvgIpc) is 2.83. The predicted molar refractivity (Wildman–Crippen MR) is 134 cm³/mol. The van der Waals surface area contributed by atoms with E-state index in [2.05, 4.69) is 0 Å². The minimum atomic E-state index is -4.76. The van der Waals surface area contributed by atoms with Gasteiger partial charge in [0, 0.05) is 0 Å². The topological polar surface area (TPSA) is 93.1 Å². The fourth-order valence-corrected chi connectivity index (χ4v) is 5.79. The molecule has 2 rings (SSSR count).